The lowest BCUT2D eigenvalue weighted by molar-refractivity contribution is -0.117. The monoisotopic (exact) mass is 424 g/mol. The van der Waals surface area contributed by atoms with Gasteiger partial charge in [-0.05, 0) is 68.1 Å². The molecule has 0 aliphatic carbocycles. The van der Waals surface area contributed by atoms with Crippen LogP contribution in [0.25, 0.3) is 11.1 Å². The van der Waals surface area contributed by atoms with Crippen LogP contribution in [0.3, 0.4) is 0 Å². The summed E-state index contributed by atoms with van der Waals surface area (Å²) in [5, 5.41) is 2.94. The van der Waals surface area contributed by atoms with Gasteiger partial charge in [0.25, 0.3) is 0 Å². The van der Waals surface area contributed by atoms with Gasteiger partial charge in [0, 0.05) is 18.7 Å². The van der Waals surface area contributed by atoms with Gasteiger partial charge in [-0.1, -0.05) is 18.2 Å². The summed E-state index contributed by atoms with van der Waals surface area (Å²) in [6, 6.07) is 12.5. The first-order valence-corrected chi connectivity index (χ1v) is 10.3. The molecule has 164 valence electrons. The van der Waals surface area contributed by atoms with Gasteiger partial charge in [0.2, 0.25) is 5.91 Å². The Balaban J connectivity index is 2.04. The molecular weight excluding hydrogens is 396 g/mol. The molecule has 2 aromatic rings. The summed E-state index contributed by atoms with van der Waals surface area (Å²) in [7, 11) is 1.35. The van der Waals surface area contributed by atoms with Crippen molar-refractivity contribution in [2.24, 2.45) is 0 Å². The normalized spacial score (nSPS) is 17.7. The second-order valence-electron chi connectivity index (χ2n) is 7.97. The van der Waals surface area contributed by atoms with Crippen LogP contribution in [0, 0.1) is 0 Å². The molecule has 0 saturated heterocycles. The zero-order valence-corrected chi connectivity index (χ0v) is 18.5. The van der Waals surface area contributed by atoms with Crippen molar-refractivity contribution in [3.63, 3.8) is 0 Å². The molecule has 2 aromatic carbocycles. The van der Waals surface area contributed by atoms with Crippen molar-refractivity contribution in [3.8, 4) is 11.1 Å². The fourth-order valence-electron chi connectivity index (χ4n) is 3.99. The first-order valence-electron chi connectivity index (χ1n) is 10.3. The third-order valence-corrected chi connectivity index (χ3v) is 5.27. The van der Waals surface area contributed by atoms with Crippen molar-refractivity contribution in [1.82, 2.24) is 5.32 Å². The molecular formula is C24H28N2O5. The predicted molar refractivity (Wildman–Crippen MR) is 118 cm³/mol. The number of nitrogens with zero attached hydrogens (tertiary/aromatic N) is 1. The molecule has 0 saturated carbocycles. The van der Waals surface area contributed by atoms with Crippen LogP contribution in [0.4, 0.5) is 10.5 Å². The van der Waals surface area contributed by atoms with Crippen LogP contribution in [0.15, 0.2) is 42.5 Å². The number of ether oxygens (including phenoxy) is 2. The van der Waals surface area contributed by atoms with Crippen molar-refractivity contribution >= 4 is 23.7 Å². The van der Waals surface area contributed by atoms with E-state index in [2.05, 4.69) is 5.32 Å². The number of hydrogen-bond donors (Lipinski definition) is 1. The smallest absolute Gasteiger partial charge is 0.407 e. The van der Waals surface area contributed by atoms with E-state index < -0.39 is 12.1 Å². The number of hydrogen-bond acceptors (Lipinski definition) is 5. The molecule has 2 amide bonds. The van der Waals surface area contributed by atoms with Gasteiger partial charge in [-0.2, -0.15) is 0 Å². The van der Waals surface area contributed by atoms with E-state index in [4.69, 9.17) is 9.47 Å². The number of rotatable bonds is 4. The molecule has 0 unspecified atom stereocenters. The van der Waals surface area contributed by atoms with Crippen LogP contribution in [-0.4, -0.2) is 37.2 Å². The molecule has 7 nitrogen and oxygen atoms in total. The van der Waals surface area contributed by atoms with Crippen LogP contribution < -0.4 is 10.2 Å². The van der Waals surface area contributed by atoms with Crippen LogP contribution in [0.1, 0.15) is 56.1 Å². The molecule has 0 spiro atoms. The van der Waals surface area contributed by atoms with E-state index in [-0.39, 0.29) is 24.1 Å². The van der Waals surface area contributed by atoms with E-state index in [1.807, 2.05) is 31.2 Å². The van der Waals surface area contributed by atoms with E-state index in [9.17, 15) is 14.4 Å². The van der Waals surface area contributed by atoms with Crippen molar-refractivity contribution < 1.29 is 23.9 Å². The van der Waals surface area contributed by atoms with E-state index in [0.29, 0.717) is 12.0 Å². The Labute approximate surface area is 182 Å². The molecule has 0 radical (unpaired) electrons. The Bertz CT molecular complexity index is 1000. The lowest BCUT2D eigenvalue weighted by atomic mass is 9.89. The number of anilines is 1. The van der Waals surface area contributed by atoms with Crippen molar-refractivity contribution in [2.45, 2.75) is 52.3 Å². The third kappa shape index (κ3) is 4.87. The van der Waals surface area contributed by atoms with Crippen LogP contribution in [-0.2, 0) is 14.3 Å². The lowest BCUT2D eigenvalue weighted by Gasteiger charge is -2.39. The quantitative estimate of drug-likeness (QED) is 0.733. The average Bonchev–Trinajstić information content (AvgIpc) is 2.72. The largest absolute Gasteiger partial charge is 0.465 e. The number of benzene rings is 2. The highest BCUT2D eigenvalue weighted by atomic mass is 16.6. The molecule has 0 aromatic heterocycles. The molecule has 1 N–H and O–H groups in total. The van der Waals surface area contributed by atoms with Gasteiger partial charge in [-0.15, -0.1) is 0 Å². The van der Waals surface area contributed by atoms with Gasteiger partial charge < -0.3 is 19.7 Å². The first kappa shape index (κ1) is 22.3. The second kappa shape index (κ2) is 9.20. The summed E-state index contributed by atoms with van der Waals surface area (Å²) >= 11 is 0. The van der Waals surface area contributed by atoms with Crippen LogP contribution in [0.5, 0.6) is 0 Å². The molecule has 2 atom stereocenters. The summed E-state index contributed by atoms with van der Waals surface area (Å²) in [5.41, 5.74) is 3.74. The average molecular weight is 424 g/mol. The van der Waals surface area contributed by atoms with Gasteiger partial charge in [-0.3, -0.25) is 4.79 Å². The number of carbonyl (C=O) groups excluding carboxylic acids is 3. The Morgan fingerprint density at radius 3 is 2.45 bits per heavy atom. The fourth-order valence-corrected chi connectivity index (χ4v) is 3.99. The minimum absolute atomic E-state index is 0.0580. The van der Waals surface area contributed by atoms with Crippen molar-refractivity contribution in [2.75, 3.05) is 12.0 Å². The molecule has 1 aliphatic rings. The number of fused-ring (bicyclic) bond motifs is 1. The van der Waals surface area contributed by atoms with Crippen LogP contribution >= 0.6 is 0 Å². The van der Waals surface area contributed by atoms with Crippen molar-refractivity contribution in [1.29, 1.82) is 0 Å². The second-order valence-corrected chi connectivity index (χ2v) is 7.97. The minimum atomic E-state index is -0.493. The maximum Gasteiger partial charge on any atom is 0.407 e. The fraction of sp³-hybridized carbons (Fsp3) is 0.375. The van der Waals surface area contributed by atoms with E-state index in [1.165, 1.54) is 14.0 Å². The van der Waals surface area contributed by atoms with E-state index >= 15 is 0 Å². The molecule has 31 heavy (non-hydrogen) atoms. The zero-order chi connectivity index (χ0) is 22.7. The standard InChI is InChI=1S/C24H28N2O5/c1-14(2)31-24(29)25-21-11-15(3)26(16(4)27)22-10-9-18(13-20(21)22)17-7-6-8-19(12-17)23(28)30-5/h6-10,12-15,21H,11H2,1-5H3,(H,25,29)/t15-,21+/m0/s1. The molecule has 3 rings (SSSR count). The Hall–Kier alpha value is -3.35. The van der Waals surface area contributed by atoms with Gasteiger partial charge >= 0.3 is 12.1 Å². The molecule has 1 heterocycles. The van der Waals surface area contributed by atoms with E-state index in [1.54, 1.807) is 36.9 Å². The SMILES string of the molecule is COC(=O)c1cccc(-c2ccc3c(c2)[C@H](NC(=O)OC(C)C)C[C@H](C)N3C(C)=O)c1. The highest BCUT2D eigenvalue weighted by Crippen LogP contribution is 2.39. The van der Waals surface area contributed by atoms with Gasteiger partial charge in [-0.25, -0.2) is 9.59 Å². The minimum Gasteiger partial charge on any atom is -0.465 e. The highest BCUT2D eigenvalue weighted by Gasteiger charge is 2.33. The van der Waals surface area contributed by atoms with Gasteiger partial charge in [0.05, 0.1) is 24.8 Å². The number of amides is 2. The topological polar surface area (TPSA) is 84.9 Å². The summed E-state index contributed by atoms with van der Waals surface area (Å²) in [6.45, 7) is 7.08. The molecule has 7 heteroatoms. The number of methoxy groups -OCH3 is 1. The van der Waals surface area contributed by atoms with Gasteiger partial charge in [0.15, 0.2) is 0 Å². The number of nitrogens with one attached hydrogen (secondary N) is 1. The highest BCUT2D eigenvalue weighted by molar-refractivity contribution is 5.95. The van der Waals surface area contributed by atoms with E-state index in [0.717, 1.165) is 22.4 Å². The Morgan fingerprint density at radius 2 is 1.81 bits per heavy atom. The van der Waals surface area contributed by atoms with Crippen molar-refractivity contribution in [3.05, 3.63) is 53.6 Å². The summed E-state index contributed by atoms with van der Waals surface area (Å²) in [6.07, 6.45) is -0.167. The molecule has 0 fully saturated rings. The number of carbonyl (C=O) groups is 3. The third-order valence-electron chi connectivity index (χ3n) is 5.27. The first-order chi connectivity index (χ1) is 14.7. The summed E-state index contributed by atoms with van der Waals surface area (Å²) < 4.78 is 10.1. The van der Waals surface area contributed by atoms with Crippen LogP contribution in [0.2, 0.25) is 0 Å². The lowest BCUT2D eigenvalue weighted by Crippen LogP contribution is -2.45. The van der Waals surface area contributed by atoms with Gasteiger partial charge in [0.1, 0.15) is 0 Å². The Morgan fingerprint density at radius 1 is 1.10 bits per heavy atom. The maximum atomic E-state index is 12.3. The number of alkyl carbamates (subject to hydrolysis) is 1. The summed E-state index contributed by atoms with van der Waals surface area (Å²) in [4.78, 5) is 38.3. The molecule has 1 aliphatic heterocycles. The molecule has 0 bridgehead atoms. The maximum absolute atomic E-state index is 12.3. The Kier molecular flexibility index (Phi) is 6.63. The number of esters is 1. The summed E-state index contributed by atoms with van der Waals surface area (Å²) in [5.74, 6) is -0.468. The zero-order valence-electron chi connectivity index (χ0n) is 18.5. The predicted octanol–water partition coefficient (Wildman–Crippen LogP) is 4.46.